The molecule has 2 aliphatic heterocycles. The van der Waals surface area contributed by atoms with Gasteiger partial charge in [0.05, 0.1) is 0 Å². The van der Waals surface area contributed by atoms with Crippen LogP contribution in [-0.2, 0) is 14.3 Å². The summed E-state index contributed by atoms with van der Waals surface area (Å²) in [5.41, 5.74) is 0. The predicted molar refractivity (Wildman–Crippen MR) is 53.1 cm³/mol. The molecule has 0 saturated carbocycles. The number of hydrogen-bond donors (Lipinski definition) is 2. The van der Waals surface area contributed by atoms with Gasteiger partial charge in [0.15, 0.2) is 0 Å². The third-order valence-corrected chi connectivity index (χ3v) is 2.89. The monoisotopic (exact) mass is 212 g/mol. The van der Waals surface area contributed by atoms with Crippen molar-refractivity contribution in [2.45, 2.75) is 37.8 Å². The molecule has 5 heteroatoms. The van der Waals surface area contributed by atoms with E-state index in [2.05, 4.69) is 10.6 Å². The molecule has 2 N–H and O–H groups in total. The smallest absolute Gasteiger partial charge is 0.330 e. The molecular weight excluding hydrogens is 196 g/mol. The Labute approximate surface area is 88.5 Å². The van der Waals surface area contributed by atoms with Gasteiger partial charge in [-0.25, -0.2) is 9.59 Å². The van der Waals surface area contributed by atoms with Crippen LogP contribution in [0.2, 0.25) is 0 Å². The molecule has 0 aromatic heterocycles. The van der Waals surface area contributed by atoms with Gasteiger partial charge in [-0.3, -0.25) is 0 Å². The SMILES string of the molecule is O=C(OC(=O)[C@@H]1CCCN1)[C@@H]1CCCN1. The number of rotatable bonds is 2. The Hall–Kier alpha value is -0.940. The van der Waals surface area contributed by atoms with Crippen LogP contribution in [0.5, 0.6) is 0 Å². The molecule has 5 nitrogen and oxygen atoms in total. The summed E-state index contributed by atoms with van der Waals surface area (Å²) in [6.07, 6.45) is 3.47. The van der Waals surface area contributed by atoms with Gasteiger partial charge < -0.3 is 15.4 Å². The molecule has 0 aliphatic carbocycles. The summed E-state index contributed by atoms with van der Waals surface area (Å²) < 4.78 is 4.82. The molecule has 2 rings (SSSR count). The Balaban J connectivity index is 1.79. The van der Waals surface area contributed by atoms with Crippen molar-refractivity contribution in [3.63, 3.8) is 0 Å². The van der Waals surface area contributed by atoms with Crippen LogP contribution < -0.4 is 10.6 Å². The van der Waals surface area contributed by atoms with Gasteiger partial charge in [0, 0.05) is 0 Å². The van der Waals surface area contributed by atoms with Crippen molar-refractivity contribution >= 4 is 11.9 Å². The number of ether oxygens (including phenoxy) is 1. The van der Waals surface area contributed by atoms with Crippen LogP contribution in [0.3, 0.4) is 0 Å². The van der Waals surface area contributed by atoms with Gasteiger partial charge in [0.25, 0.3) is 0 Å². The molecule has 2 saturated heterocycles. The Bertz CT molecular complexity index is 229. The minimum absolute atomic E-state index is 0.282. The predicted octanol–water partition coefficient (Wildman–Crippen LogP) is -0.440. The fourth-order valence-corrected chi connectivity index (χ4v) is 2.01. The molecule has 84 valence electrons. The van der Waals surface area contributed by atoms with E-state index in [4.69, 9.17) is 4.74 Å². The summed E-state index contributed by atoms with van der Waals surface area (Å²) in [5, 5.41) is 6.01. The summed E-state index contributed by atoms with van der Waals surface area (Å²) in [7, 11) is 0. The van der Waals surface area contributed by atoms with Gasteiger partial charge in [-0.1, -0.05) is 0 Å². The molecule has 0 radical (unpaired) electrons. The lowest BCUT2D eigenvalue weighted by Crippen LogP contribution is -2.39. The topological polar surface area (TPSA) is 67.4 Å². The van der Waals surface area contributed by atoms with E-state index >= 15 is 0 Å². The molecule has 2 fully saturated rings. The zero-order chi connectivity index (χ0) is 10.7. The average molecular weight is 212 g/mol. The summed E-state index contributed by atoms with van der Waals surface area (Å²) in [4.78, 5) is 23.0. The Morgan fingerprint density at radius 2 is 1.40 bits per heavy atom. The highest BCUT2D eigenvalue weighted by molar-refractivity contribution is 5.91. The van der Waals surface area contributed by atoms with Crippen molar-refractivity contribution in [1.82, 2.24) is 10.6 Å². The van der Waals surface area contributed by atoms with E-state index in [-0.39, 0.29) is 12.1 Å². The molecule has 2 aliphatic rings. The molecule has 0 aromatic rings. The van der Waals surface area contributed by atoms with Crippen LogP contribution in [0.1, 0.15) is 25.7 Å². The maximum atomic E-state index is 11.5. The number of carbonyl (C=O) groups excluding carboxylic acids is 2. The molecule has 0 unspecified atom stereocenters. The maximum Gasteiger partial charge on any atom is 0.330 e. The van der Waals surface area contributed by atoms with Crippen molar-refractivity contribution < 1.29 is 14.3 Å². The van der Waals surface area contributed by atoms with Crippen LogP contribution in [-0.4, -0.2) is 37.1 Å². The largest absolute Gasteiger partial charge is 0.391 e. The van der Waals surface area contributed by atoms with Crippen LogP contribution in [0.25, 0.3) is 0 Å². The lowest BCUT2D eigenvalue weighted by Gasteiger charge is -2.12. The maximum absolute atomic E-state index is 11.5. The molecule has 0 aromatic carbocycles. The minimum Gasteiger partial charge on any atom is -0.391 e. The fraction of sp³-hybridized carbons (Fsp3) is 0.800. The van der Waals surface area contributed by atoms with Gasteiger partial charge in [-0.2, -0.15) is 0 Å². The second-order valence-electron chi connectivity index (χ2n) is 4.04. The second kappa shape index (κ2) is 4.72. The standard InChI is InChI=1S/C10H16N2O3/c13-9(7-3-1-5-11-7)15-10(14)8-4-2-6-12-8/h7-8,11-12H,1-6H2/t7-,8-/m0/s1. The Kier molecular flexibility index (Phi) is 3.33. The highest BCUT2D eigenvalue weighted by atomic mass is 16.6. The number of carbonyl (C=O) groups is 2. The summed E-state index contributed by atoms with van der Waals surface area (Å²) in [6, 6.07) is -0.564. The molecule has 2 atom stereocenters. The molecule has 2 heterocycles. The third-order valence-electron chi connectivity index (χ3n) is 2.89. The molecule has 15 heavy (non-hydrogen) atoms. The first kappa shape index (κ1) is 10.6. The summed E-state index contributed by atoms with van der Waals surface area (Å²) in [5.74, 6) is -0.850. The number of hydrogen-bond acceptors (Lipinski definition) is 5. The van der Waals surface area contributed by atoms with Crippen molar-refractivity contribution in [3.8, 4) is 0 Å². The van der Waals surface area contributed by atoms with E-state index in [9.17, 15) is 9.59 Å². The second-order valence-corrected chi connectivity index (χ2v) is 4.04. The van der Waals surface area contributed by atoms with Gasteiger partial charge in [0.1, 0.15) is 12.1 Å². The van der Waals surface area contributed by atoms with Crippen molar-refractivity contribution in [1.29, 1.82) is 0 Å². The fourth-order valence-electron chi connectivity index (χ4n) is 2.01. The highest BCUT2D eigenvalue weighted by Crippen LogP contribution is 2.10. The first-order chi connectivity index (χ1) is 7.27. The van der Waals surface area contributed by atoms with E-state index < -0.39 is 11.9 Å². The van der Waals surface area contributed by atoms with Crippen molar-refractivity contribution in [3.05, 3.63) is 0 Å². The lowest BCUT2D eigenvalue weighted by molar-refractivity contribution is -0.162. The molecule has 0 bridgehead atoms. The quantitative estimate of drug-likeness (QED) is 0.480. The van der Waals surface area contributed by atoms with Crippen molar-refractivity contribution in [2.75, 3.05) is 13.1 Å². The van der Waals surface area contributed by atoms with Crippen LogP contribution in [0, 0.1) is 0 Å². The Morgan fingerprint density at radius 1 is 0.933 bits per heavy atom. The average Bonchev–Trinajstić information content (AvgIpc) is 2.91. The molecule has 0 spiro atoms. The van der Waals surface area contributed by atoms with Crippen molar-refractivity contribution in [2.24, 2.45) is 0 Å². The normalized spacial score (nSPS) is 30.4. The molecular formula is C10H16N2O3. The van der Waals surface area contributed by atoms with Gasteiger partial charge in [-0.05, 0) is 38.8 Å². The van der Waals surface area contributed by atoms with Crippen LogP contribution in [0.4, 0.5) is 0 Å². The van der Waals surface area contributed by atoms with E-state index in [1.165, 1.54) is 0 Å². The lowest BCUT2D eigenvalue weighted by atomic mass is 10.2. The zero-order valence-corrected chi connectivity index (χ0v) is 8.62. The Morgan fingerprint density at radius 3 is 1.73 bits per heavy atom. The third kappa shape index (κ3) is 2.54. The number of nitrogens with one attached hydrogen (secondary N) is 2. The van der Waals surface area contributed by atoms with Crippen LogP contribution >= 0.6 is 0 Å². The first-order valence-electron chi connectivity index (χ1n) is 5.49. The first-order valence-corrected chi connectivity index (χ1v) is 5.49. The van der Waals surface area contributed by atoms with Gasteiger partial charge in [-0.15, -0.1) is 0 Å². The van der Waals surface area contributed by atoms with Gasteiger partial charge in [0.2, 0.25) is 0 Å². The summed E-state index contributed by atoms with van der Waals surface area (Å²) in [6.45, 7) is 1.66. The van der Waals surface area contributed by atoms with Gasteiger partial charge >= 0.3 is 11.9 Å². The van der Waals surface area contributed by atoms with E-state index in [0.29, 0.717) is 0 Å². The minimum atomic E-state index is -0.425. The molecule has 0 amide bonds. The number of esters is 2. The van der Waals surface area contributed by atoms with E-state index in [1.54, 1.807) is 0 Å². The van der Waals surface area contributed by atoms with E-state index in [1.807, 2.05) is 0 Å². The van der Waals surface area contributed by atoms with E-state index in [0.717, 1.165) is 38.8 Å². The summed E-state index contributed by atoms with van der Waals surface area (Å²) >= 11 is 0. The zero-order valence-electron chi connectivity index (χ0n) is 8.62. The highest BCUT2D eigenvalue weighted by Gasteiger charge is 2.30. The van der Waals surface area contributed by atoms with Crippen LogP contribution in [0.15, 0.2) is 0 Å².